The smallest absolute Gasteiger partial charge is 0.170 e. The lowest BCUT2D eigenvalue weighted by Gasteiger charge is -2.29. The third-order valence-electron chi connectivity index (χ3n) is 4.62. The van der Waals surface area contributed by atoms with E-state index in [1.165, 1.54) is 11.3 Å². The maximum absolute atomic E-state index is 13.1. The summed E-state index contributed by atoms with van der Waals surface area (Å²) in [6.45, 7) is 1.82. The number of allylic oxidation sites excluding steroid dienone is 1. The molecule has 3 aromatic rings. The number of Topliss-reactive ketones (excluding diaryl/α,β-unsaturated/α-hetero) is 1. The fraction of sp³-hybridized carbons (Fsp3) is 0.150. The van der Waals surface area contributed by atoms with Gasteiger partial charge in [-0.2, -0.15) is 0 Å². The van der Waals surface area contributed by atoms with E-state index in [4.69, 9.17) is 0 Å². The second-order valence-electron chi connectivity index (χ2n) is 5.92. The van der Waals surface area contributed by atoms with Crippen LogP contribution in [0.1, 0.15) is 22.2 Å². The molecule has 0 amide bonds. The molecular weight excluding hydrogens is 336 g/mol. The summed E-state index contributed by atoms with van der Waals surface area (Å²) in [5, 5.41) is 15.6. The molecule has 120 valence electrons. The summed E-state index contributed by atoms with van der Waals surface area (Å²) in [6.07, 6.45) is 0. The van der Waals surface area contributed by atoms with E-state index in [-0.39, 0.29) is 5.78 Å². The second-order valence-corrected chi connectivity index (χ2v) is 7.82. The van der Waals surface area contributed by atoms with Crippen LogP contribution in [0.25, 0.3) is 11.1 Å². The van der Waals surface area contributed by atoms with Gasteiger partial charge in [-0.05, 0) is 28.5 Å². The zero-order valence-corrected chi connectivity index (χ0v) is 14.7. The summed E-state index contributed by atoms with van der Waals surface area (Å²) in [5.41, 5.74) is 0.969. The molecule has 1 aliphatic carbocycles. The summed E-state index contributed by atoms with van der Waals surface area (Å²) in [4.78, 5) is 14.9. The summed E-state index contributed by atoms with van der Waals surface area (Å²) in [7, 11) is 0. The lowest BCUT2D eigenvalue weighted by atomic mass is 9.84. The van der Waals surface area contributed by atoms with E-state index in [1.807, 2.05) is 72.3 Å². The van der Waals surface area contributed by atoms with Gasteiger partial charge in [-0.25, -0.2) is 0 Å². The van der Waals surface area contributed by atoms with Crippen LogP contribution in [0.15, 0.2) is 65.4 Å². The predicted octanol–water partition coefficient (Wildman–Crippen LogP) is 4.83. The Balaban J connectivity index is 2.05. The molecule has 4 rings (SSSR count). The van der Waals surface area contributed by atoms with Crippen molar-refractivity contribution in [2.45, 2.75) is 12.5 Å². The molecule has 0 saturated carbocycles. The highest BCUT2D eigenvalue weighted by Gasteiger charge is 2.53. The maximum atomic E-state index is 13.1. The number of aliphatic hydroxyl groups is 1. The average Bonchev–Trinajstić information content (AvgIpc) is 3.34. The average molecular weight is 352 g/mol. The van der Waals surface area contributed by atoms with Crippen molar-refractivity contribution in [3.8, 4) is 0 Å². The number of benzene rings is 1. The monoisotopic (exact) mass is 352 g/mol. The molecule has 0 saturated heterocycles. The normalized spacial score (nSPS) is 23.9. The minimum Gasteiger partial charge on any atom is -0.379 e. The van der Waals surface area contributed by atoms with Crippen LogP contribution in [0.4, 0.5) is 0 Å². The number of hydrogen-bond acceptors (Lipinski definition) is 4. The lowest BCUT2D eigenvalue weighted by molar-refractivity contribution is -0.120. The van der Waals surface area contributed by atoms with Crippen LogP contribution >= 0.6 is 22.7 Å². The van der Waals surface area contributed by atoms with Gasteiger partial charge in [0.2, 0.25) is 0 Å². The van der Waals surface area contributed by atoms with E-state index in [0.717, 1.165) is 20.9 Å². The van der Waals surface area contributed by atoms with Crippen molar-refractivity contribution in [3.63, 3.8) is 0 Å². The molecule has 1 aromatic carbocycles. The van der Waals surface area contributed by atoms with E-state index < -0.39 is 11.5 Å². The van der Waals surface area contributed by atoms with Crippen molar-refractivity contribution in [1.82, 2.24) is 0 Å². The summed E-state index contributed by atoms with van der Waals surface area (Å²) < 4.78 is 0. The van der Waals surface area contributed by atoms with Crippen molar-refractivity contribution in [2.24, 2.45) is 5.92 Å². The van der Waals surface area contributed by atoms with Gasteiger partial charge in [0, 0.05) is 20.9 Å². The van der Waals surface area contributed by atoms with Gasteiger partial charge < -0.3 is 5.11 Å². The minimum absolute atomic E-state index is 0.000463. The maximum Gasteiger partial charge on any atom is 0.170 e. The van der Waals surface area contributed by atoms with Gasteiger partial charge in [0.05, 0.1) is 5.92 Å². The molecule has 24 heavy (non-hydrogen) atoms. The zero-order valence-electron chi connectivity index (χ0n) is 13.1. The summed E-state index contributed by atoms with van der Waals surface area (Å²) in [5.74, 6) is -0.510. The standard InChI is InChI=1S/C20H16O2S2/c1-13-19(21)17(14-7-3-2-4-8-14)18(15-9-5-11-23-15)20(13,22)16-10-6-12-24-16/h2-13,22H,1H3. The van der Waals surface area contributed by atoms with Crippen LogP contribution in [0.5, 0.6) is 0 Å². The van der Waals surface area contributed by atoms with Crippen molar-refractivity contribution in [2.75, 3.05) is 0 Å². The Kier molecular flexibility index (Phi) is 3.76. The van der Waals surface area contributed by atoms with E-state index in [2.05, 4.69) is 0 Å². The van der Waals surface area contributed by atoms with Crippen LogP contribution in [0.2, 0.25) is 0 Å². The molecule has 0 spiro atoms. The van der Waals surface area contributed by atoms with Crippen LogP contribution in [0, 0.1) is 5.92 Å². The Morgan fingerprint density at radius 1 is 0.958 bits per heavy atom. The Morgan fingerprint density at radius 3 is 2.29 bits per heavy atom. The van der Waals surface area contributed by atoms with Crippen molar-refractivity contribution >= 4 is 39.6 Å². The molecule has 2 heterocycles. The topological polar surface area (TPSA) is 37.3 Å². The molecular formula is C20H16O2S2. The molecule has 0 aliphatic heterocycles. The SMILES string of the molecule is CC1C(=O)C(c2ccccc2)=C(c2cccs2)C1(O)c1cccs1. The fourth-order valence-electron chi connectivity index (χ4n) is 3.39. The molecule has 4 heteroatoms. The van der Waals surface area contributed by atoms with Crippen LogP contribution in [0.3, 0.4) is 0 Å². The predicted molar refractivity (Wildman–Crippen MR) is 100.0 cm³/mol. The van der Waals surface area contributed by atoms with Gasteiger partial charge in [0.25, 0.3) is 0 Å². The number of ketones is 1. The third-order valence-corrected chi connectivity index (χ3v) is 6.51. The quantitative estimate of drug-likeness (QED) is 0.733. The van der Waals surface area contributed by atoms with E-state index in [1.54, 1.807) is 11.3 Å². The molecule has 2 unspecified atom stereocenters. The molecule has 0 bridgehead atoms. The molecule has 0 radical (unpaired) electrons. The number of carbonyl (C=O) groups is 1. The first-order valence-corrected chi connectivity index (χ1v) is 9.54. The molecule has 1 aliphatic rings. The van der Waals surface area contributed by atoms with Crippen LogP contribution in [-0.2, 0) is 10.4 Å². The number of rotatable bonds is 3. The molecule has 2 aromatic heterocycles. The number of carbonyl (C=O) groups excluding carboxylic acids is 1. The molecule has 1 N–H and O–H groups in total. The van der Waals surface area contributed by atoms with E-state index >= 15 is 0 Å². The minimum atomic E-state index is -1.28. The fourth-order valence-corrected chi connectivity index (χ4v) is 5.15. The van der Waals surface area contributed by atoms with Gasteiger partial charge >= 0.3 is 0 Å². The molecule has 2 nitrogen and oxygen atoms in total. The Hall–Kier alpha value is -2.01. The first-order chi connectivity index (χ1) is 11.6. The highest BCUT2D eigenvalue weighted by molar-refractivity contribution is 7.11. The number of thiophene rings is 2. The van der Waals surface area contributed by atoms with Crippen LogP contribution < -0.4 is 0 Å². The van der Waals surface area contributed by atoms with Gasteiger partial charge in [0.1, 0.15) is 5.60 Å². The van der Waals surface area contributed by atoms with Gasteiger partial charge in [-0.3, -0.25) is 4.79 Å². The highest BCUT2D eigenvalue weighted by atomic mass is 32.1. The first-order valence-electron chi connectivity index (χ1n) is 7.78. The van der Waals surface area contributed by atoms with Crippen LogP contribution in [-0.4, -0.2) is 10.9 Å². The third kappa shape index (κ3) is 2.14. The zero-order chi connectivity index (χ0) is 16.7. The Labute approximate surface area is 148 Å². The molecule has 0 fully saturated rings. The van der Waals surface area contributed by atoms with E-state index in [9.17, 15) is 9.90 Å². The Morgan fingerprint density at radius 2 is 1.67 bits per heavy atom. The van der Waals surface area contributed by atoms with Gasteiger partial charge in [0.15, 0.2) is 5.78 Å². The van der Waals surface area contributed by atoms with Gasteiger partial charge in [-0.1, -0.05) is 49.4 Å². The van der Waals surface area contributed by atoms with Gasteiger partial charge in [-0.15, -0.1) is 22.7 Å². The van der Waals surface area contributed by atoms with Crippen molar-refractivity contribution in [1.29, 1.82) is 0 Å². The Bertz CT molecular complexity index is 893. The summed E-state index contributed by atoms with van der Waals surface area (Å²) in [6, 6.07) is 17.4. The molecule has 2 atom stereocenters. The highest BCUT2D eigenvalue weighted by Crippen LogP contribution is 2.54. The largest absolute Gasteiger partial charge is 0.379 e. The van der Waals surface area contributed by atoms with E-state index in [0.29, 0.717) is 5.57 Å². The van der Waals surface area contributed by atoms with Crippen molar-refractivity contribution in [3.05, 3.63) is 80.7 Å². The second kappa shape index (κ2) is 5.81. The lowest BCUT2D eigenvalue weighted by Crippen LogP contribution is -2.32. The van der Waals surface area contributed by atoms with Crippen molar-refractivity contribution < 1.29 is 9.90 Å². The summed E-state index contributed by atoms with van der Waals surface area (Å²) >= 11 is 3.05. The first kappa shape index (κ1) is 15.5. The number of hydrogen-bond donors (Lipinski definition) is 1.